The van der Waals surface area contributed by atoms with Crippen molar-refractivity contribution in [2.75, 3.05) is 26.2 Å². The first-order valence-corrected chi connectivity index (χ1v) is 6.48. The molecular weight excluding hydrogens is 220 g/mol. The van der Waals surface area contributed by atoms with E-state index in [4.69, 9.17) is 10.2 Å². The van der Waals surface area contributed by atoms with Crippen molar-refractivity contribution >= 4 is 5.97 Å². The van der Waals surface area contributed by atoms with Gasteiger partial charge in [0.2, 0.25) is 0 Å². The van der Waals surface area contributed by atoms with Crippen LogP contribution in [0.3, 0.4) is 0 Å². The molecule has 5 heteroatoms. The third-order valence-corrected chi connectivity index (χ3v) is 4.09. The summed E-state index contributed by atoms with van der Waals surface area (Å²) in [5.74, 6) is -0.722. The number of hydrogen-bond donors (Lipinski definition) is 3. The van der Waals surface area contributed by atoms with Crippen LogP contribution < -0.4 is 5.32 Å². The molecule has 2 fully saturated rings. The number of aliphatic hydroxyl groups is 1. The Morgan fingerprint density at radius 1 is 1.41 bits per heavy atom. The van der Waals surface area contributed by atoms with Crippen LogP contribution in [0.15, 0.2) is 0 Å². The average molecular weight is 242 g/mol. The van der Waals surface area contributed by atoms with E-state index in [1.165, 1.54) is 6.42 Å². The number of carbonyl (C=O) groups is 1. The Labute approximate surface area is 102 Å². The van der Waals surface area contributed by atoms with E-state index in [-0.39, 0.29) is 18.6 Å². The smallest absolute Gasteiger partial charge is 0.305 e. The standard InChI is InChI=1S/C12H22N2O3/c15-6-4-10-3-1-2-5-14(10)12(7-11(16)17)8-13-9-12/h10,13,15H,1-9H2,(H,16,17). The van der Waals surface area contributed by atoms with Gasteiger partial charge in [0.15, 0.2) is 0 Å². The number of aliphatic carboxylic acids is 1. The van der Waals surface area contributed by atoms with Gasteiger partial charge in [0.1, 0.15) is 0 Å². The largest absolute Gasteiger partial charge is 0.481 e. The molecule has 17 heavy (non-hydrogen) atoms. The SMILES string of the molecule is O=C(O)CC1(N2CCCCC2CCO)CNC1. The van der Waals surface area contributed by atoms with E-state index >= 15 is 0 Å². The van der Waals surface area contributed by atoms with Crippen LogP contribution in [0, 0.1) is 0 Å². The summed E-state index contributed by atoms with van der Waals surface area (Å²) in [5.41, 5.74) is -0.202. The summed E-state index contributed by atoms with van der Waals surface area (Å²) in [5, 5.41) is 21.4. The third-order valence-electron chi connectivity index (χ3n) is 4.09. The Morgan fingerprint density at radius 2 is 2.18 bits per heavy atom. The average Bonchev–Trinajstić information content (AvgIpc) is 2.25. The van der Waals surface area contributed by atoms with Crippen molar-refractivity contribution in [2.24, 2.45) is 0 Å². The van der Waals surface area contributed by atoms with E-state index in [0.717, 1.165) is 38.9 Å². The molecule has 0 aromatic rings. The highest BCUT2D eigenvalue weighted by Gasteiger charge is 2.47. The number of likely N-dealkylation sites (tertiary alicyclic amines) is 1. The molecule has 3 N–H and O–H groups in total. The van der Waals surface area contributed by atoms with Gasteiger partial charge in [-0.1, -0.05) is 6.42 Å². The van der Waals surface area contributed by atoms with Gasteiger partial charge in [-0.2, -0.15) is 0 Å². The van der Waals surface area contributed by atoms with Crippen molar-refractivity contribution in [1.29, 1.82) is 0 Å². The molecule has 0 amide bonds. The molecule has 0 spiro atoms. The lowest BCUT2D eigenvalue weighted by Crippen LogP contribution is -2.72. The van der Waals surface area contributed by atoms with Crippen molar-refractivity contribution in [3.05, 3.63) is 0 Å². The number of rotatable bonds is 5. The highest BCUT2D eigenvalue weighted by Crippen LogP contribution is 2.32. The lowest BCUT2D eigenvalue weighted by atomic mass is 9.82. The summed E-state index contributed by atoms with van der Waals surface area (Å²) < 4.78 is 0. The van der Waals surface area contributed by atoms with Gasteiger partial charge in [-0.25, -0.2) is 0 Å². The molecule has 2 aliphatic heterocycles. The van der Waals surface area contributed by atoms with Crippen molar-refractivity contribution in [2.45, 2.75) is 43.7 Å². The van der Waals surface area contributed by atoms with Gasteiger partial charge < -0.3 is 15.5 Å². The number of piperidine rings is 1. The van der Waals surface area contributed by atoms with Crippen LogP contribution in [-0.2, 0) is 4.79 Å². The topological polar surface area (TPSA) is 72.8 Å². The van der Waals surface area contributed by atoms with E-state index in [1.54, 1.807) is 0 Å². The Hall–Kier alpha value is -0.650. The fraction of sp³-hybridized carbons (Fsp3) is 0.917. The Kier molecular flexibility index (Phi) is 4.01. The molecule has 2 saturated heterocycles. The number of nitrogens with one attached hydrogen (secondary N) is 1. The lowest BCUT2D eigenvalue weighted by molar-refractivity contribution is -0.143. The molecule has 98 valence electrons. The van der Waals surface area contributed by atoms with Crippen LogP contribution in [0.25, 0.3) is 0 Å². The quantitative estimate of drug-likeness (QED) is 0.635. The molecule has 1 unspecified atom stereocenters. The molecule has 2 heterocycles. The molecular formula is C12H22N2O3. The van der Waals surface area contributed by atoms with E-state index in [1.807, 2.05) is 0 Å². The van der Waals surface area contributed by atoms with Gasteiger partial charge in [-0.15, -0.1) is 0 Å². The van der Waals surface area contributed by atoms with Crippen LogP contribution in [0.5, 0.6) is 0 Å². The van der Waals surface area contributed by atoms with Gasteiger partial charge in [0.25, 0.3) is 0 Å². The molecule has 2 aliphatic rings. The van der Waals surface area contributed by atoms with Gasteiger partial charge in [0.05, 0.1) is 12.0 Å². The second-order valence-electron chi connectivity index (χ2n) is 5.25. The van der Waals surface area contributed by atoms with Crippen molar-refractivity contribution in [1.82, 2.24) is 10.2 Å². The Balaban J connectivity index is 2.07. The van der Waals surface area contributed by atoms with Crippen LogP contribution in [-0.4, -0.2) is 58.9 Å². The van der Waals surface area contributed by atoms with Crippen molar-refractivity contribution in [3.63, 3.8) is 0 Å². The monoisotopic (exact) mass is 242 g/mol. The van der Waals surface area contributed by atoms with Crippen LogP contribution in [0.1, 0.15) is 32.1 Å². The highest BCUT2D eigenvalue weighted by atomic mass is 16.4. The van der Waals surface area contributed by atoms with Crippen LogP contribution in [0.2, 0.25) is 0 Å². The van der Waals surface area contributed by atoms with E-state index in [9.17, 15) is 4.79 Å². The first kappa shape index (κ1) is 12.8. The molecule has 5 nitrogen and oxygen atoms in total. The summed E-state index contributed by atoms with van der Waals surface area (Å²) >= 11 is 0. The second-order valence-corrected chi connectivity index (χ2v) is 5.25. The second kappa shape index (κ2) is 5.33. The normalized spacial score (nSPS) is 28.6. The minimum absolute atomic E-state index is 0.192. The van der Waals surface area contributed by atoms with Crippen molar-refractivity contribution < 1.29 is 15.0 Å². The molecule has 0 bridgehead atoms. The fourth-order valence-corrected chi connectivity index (χ4v) is 3.20. The summed E-state index contributed by atoms with van der Waals surface area (Å²) in [6.45, 7) is 2.69. The summed E-state index contributed by atoms with van der Waals surface area (Å²) in [6.07, 6.45) is 4.40. The minimum Gasteiger partial charge on any atom is -0.481 e. The molecule has 0 aliphatic carbocycles. The number of hydrogen-bond acceptors (Lipinski definition) is 4. The zero-order chi connectivity index (χ0) is 12.3. The fourth-order valence-electron chi connectivity index (χ4n) is 3.20. The minimum atomic E-state index is -0.722. The predicted molar refractivity (Wildman–Crippen MR) is 63.9 cm³/mol. The Bertz CT molecular complexity index is 277. The van der Waals surface area contributed by atoms with Gasteiger partial charge in [-0.3, -0.25) is 9.69 Å². The maximum atomic E-state index is 11.0. The Morgan fingerprint density at radius 3 is 2.71 bits per heavy atom. The van der Waals surface area contributed by atoms with E-state index < -0.39 is 5.97 Å². The molecule has 2 rings (SSSR count). The van der Waals surface area contributed by atoms with Gasteiger partial charge in [-0.05, 0) is 25.8 Å². The number of carboxylic acids is 1. The maximum Gasteiger partial charge on any atom is 0.305 e. The highest BCUT2D eigenvalue weighted by molar-refractivity contribution is 5.69. The van der Waals surface area contributed by atoms with E-state index in [0.29, 0.717) is 6.04 Å². The lowest BCUT2D eigenvalue weighted by Gasteiger charge is -2.54. The molecule has 0 saturated carbocycles. The molecule has 0 radical (unpaired) electrons. The van der Waals surface area contributed by atoms with Crippen molar-refractivity contribution in [3.8, 4) is 0 Å². The first-order chi connectivity index (χ1) is 8.18. The number of aliphatic hydroxyl groups excluding tert-OH is 1. The third kappa shape index (κ3) is 2.61. The van der Waals surface area contributed by atoms with E-state index in [2.05, 4.69) is 10.2 Å². The molecule has 1 atom stereocenters. The van der Waals surface area contributed by atoms with Crippen LogP contribution >= 0.6 is 0 Å². The zero-order valence-corrected chi connectivity index (χ0v) is 10.2. The summed E-state index contributed by atoms with van der Waals surface area (Å²) in [6, 6.07) is 0.357. The molecule has 0 aromatic carbocycles. The first-order valence-electron chi connectivity index (χ1n) is 6.48. The summed E-state index contributed by atoms with van der Waals surface area (Å²) in [7, 11) is 0. The number of nitrogens with zero attached hydrogens (tertiary/aromatic N) is 1. The van der Waals surface area contributed by atoms with Gasteiger partial charge in [0, 0.05) is 25.7 Å². The number of carboxylic acid groups (broad SMARTS) is 1. The maximum absolute atomic E-state index is 11.0. The van der Waals surface area contributed by atoms with Crippen LogP contribution in [0.4, 0.5) is 0 Å². The molecule has 0 aromatic heterocycles. The predicted octanol–water partition coefficient (Wildman–Crippen LogP) is 0.0400. The zero-order valence-electron chi connectivity index (χ0n) is 10.2. The van der Waals surface area contributed by atoms with Gasteiger partial charge >= 0.3 is 5.97 Å². The summed E-state index contributed by atoms with van der Waals surface area (Å²) in [4.78, 5) is 13.4.